The molecule has 9 nitrogen and oxygen atoms in total. The average Bonchev–Trinajstić information content (AvgIpc) is 3.55. The Labute approximate surface area is 239 Å². The molecule has 1 saturated carbocycles. The number of hydrogen-bond acceptors (Lipinski definition) is 7. The van der Waals surface area contributed by atoms with Gasteiger partial charge in [-0.05, 0) is 64.2 Å². The summed E-state index contributed by atoms with van der Waals surface area (Å²) >= 11 is 7.39. The van der Waals surface area contributed by atoms with E-state index in [1.54, 1.807) is 39.1 Å². The summed E-state index contributed by atoms with van der Waals surface area (Å²) in [5.41, 5.74) is 1.62. The van der Waals surface area contributed by atoms with Gasteiger partial charge in [-0.2, -0.15) is 13.2 Å². The van der Waals surface area contributed by atoms with Gasteiger partial charge in [0.1, 0.15) is 17.3 Å². The number of ether oxygens (including phenoxy) is 1. The second-order valence-corrected chi connectivity index (χ2v) is 12.7. The first kappa shape index (κ1) is 29.4. The molecule has 11 heteroatoms. The fourth-order valence-electron chi connectivity index (χ4n) is 5.89. The predicted octanol–water partition coefficient (Wildman–Crippen LogP) is 6.07. The third-order valence-corrected chi connectivity index (χ3v) is 8.55. The lowest BCUT2D eigenvalue weighted by Crippen LogP contribution is -2.68. The number of nitrogens with zero attached hydrogens (tertiary/aromatic N) is 3. The Morgan fingerprint density at radius 3 is 2.51 bits per heavy atom. The van der Waals surface area contributed by atoms with Crippen LogP contribution in [-0.2, 0) is 16.1 Å². The molecule has 4 amide bonds. The summed E-state index contributed by atoms with van der Waals surface area (Å²) in [5, 5.41) is 6.47. The topological polar surface area (TPSA) is 110 Å². The molecule has 1 aromatic heterocycles. The van der Waals surface area contributed by atoms with E-state index in [1.165, 1.54) is 0 Å². The summed E-state index contributed by atoms with van der Waals surface area (Å²) < 4.78 is 13.6. The van der Waals surface area contributed by atoms with Crippen molar-refractivity contribution in [3.63, 3.8) is 0 Å². The van der Waals surface area contributed by atoms with Crippen molar-refractivity contribution in [2.75, 3.05) is 6.54 Å². The van der Waals surface area contributed by atoms with Crippen LogP contribution in [0.3, 0.4) is 0 Å². The normalized spacial score (nSPS) is 22.7. The van der Waals surface area contributed by atoms with E-state index < -0.39 is 17.7 Å². The van der Waals surface area contributed by atoms with Crippen LogP contribution in [-0.4, -0.2) is 55.5 Å². The highest BCUT2D eigenvalue weighted by Gasteiger charge is 2.56. The average molecular weight is 577 g/mol. The van der Waals surface area contributed by atoms with Gasteiger partial charge in [-0.1, -0.05) is 36.9 Å². The van der Waals surface area contributed by atoms with E-state index in [0.717, 1.165) is 67.8 Å². The number of imide groups is 1. The van der Waals surface area contributed by atoms with Crippen molar-refractivity contribution in [2.45, 2.75) is 96.9 Å². The Balaban J connectivity index is 1.60. The van der Waals surface area contributed by atoms with Gasteiger partial charge in [-0.25, -0.2) is 14.4 Å². The molecule has 2 N–H and O–H groups in total. The Kier molecular flexibility index (Phi) is 9.29. The molecule has 1 aromatic carbocycles. The molecule has 4 rings (SSSR count). The molecule has 39 heavy (non-hydrogen) atoms. The van der Waals surface area contributed by atoms with Crippen LogP contribution in [0.4, 0.5) is 9.59 Å². The van der Waals surface area contributed by atoms with Gasteiger partial charge in [-0.3, -0.25) is 0 Å². The van der Waals surface area contributed by atoms with Crippen LogP contribution in [0.15, 0.2) is 24.4 Å². The molecule has 1 aliphatic heterocycles. The van der Waals surface area contributed by atoms with Gasteiger partial charge in [0.25, 0.3) is 0 Å². The maximum Gasteiger partial charge on any atom is 0.424 e. The van der Waals surface area contributed by atoms with Crippen molar-refractivity contribution >= 4 is 41.4 Å². The van der Waals surface area contributed by atoms with Crippen molar-refractivity contribution in [1.29, 1.82) is 0 Å². The zero-order valence-corrected chi connectivity index (χ0v) is 24.7. The van der Waals surface area contributed by atoms with Gasteiger partial charge < -0.3 is 15.4 Å². The summed E-state index contributed by atoms with van der Waals surface area (Å²) in [6, 6.07) is 4.06. The third-order valence-electron chi connectivity index (χ3n) is 7.83. The Morgan fingerprint density at radius 1 is 1.15 bits per heavy atom. The van der Waals surface area contributed by atoms with Crippen LogP contribution < -0.4 is 10.6 Å². The van der Waals surface area contributed by atoms with Gasteiger partial charge in [0.05, 0.1) is 24.5 Å². The van der Waals surface area contributed by atoms with Crippen molar-refractivity contribution in [1.82, 2.24) is 19.4 Å². The molecule has 1 aliphatic carbocycles. The molecule has 1 saturated heterocycles. The summed E-state index contributed by atoms with van der Waals surface area (Å²) in [6.45, 7) is 7.89. The Bertz CT molecular complexity index is 1180. The molecule has 2 heterocycles. The minimum atomic E-state index is -0.797. The number of likely N-dealkylation sites (tertiary alicyclic amines) is 1. The van der Waals surface area contributed by atoms with E-state index in [0.29, 0.717) is 17.3 Å². The monoisotopic (exact) mass is 576 g/mol. The number of amides is 4. The van der Waals surface area contributed by atoms with Crippen molar-refractivity contribution in [3.05, 3.63) is 35.0 Å². The van der Waals surface area contributed by atoms with E-state index in [2.05, 4.69) is 19.4 Å². The van der Waals surface area contributed by atoms with E-state index >= 15 is 0 Å². The smallest absolute Gasteiger partial charge is 0.424 e. The molecule has 2 aromatic rings. The molecule has 3 atom stereocenters. The number of benzene rings is 1. The maximum absolute atomic E-state index is 14.4. The van der Waals surface area contributed by atoms with E-state index in [9.17, 15) is 14.4 Å². The molecular formula is C28H39ClN5O4S+. The first-order chi connectivity index (χ1) is 18.5. The SMILES string of the molecule is C[C@@H]1CCC[N+]1(C(=O)NCc1cc(Cl)ccc1-c1cnsn1)C(=O)[C@H](NC(=O)OC(C)(C)C)C1CCCCC1. The lowest BCUT2D eigenvalue weighted by atomic mass is 9.83. The second kappa shape index (κ2) is 12.3. The highest BCUT2D eigenvalue weighted by molar-refractivity contribution is 6.99. The molecule has 2 aliphatic rings. The number of aromatic nitrogens is 2. The third kappa shape index (κ3) is 6.78. The summed E-state index contributed by atoms with van der Waals surface area (Å²) in [5.74, 6) is -0.295. The van der Waals surface area contributed by atoms with E-state index in [4.69, 9.17) is 16.3 Å². The Morgan fingerprint density at radius 2 is 1.90 bits per heavy atom. The second-order valence-electron chi connectivity index (χ2n) is 11.7. The highest BCUT2D eigenvalue weighted by atomic mass is 35.5. The number of carbonyl (C=O) groups excluding carboxylic acids is 3. The fraction of sp³-hybridized carbons (Fsp3) is 0.607. The molecule has 2 fully saturated rings. The van der Waals surface area contributed by atoms with Crippen LogP contribution in [0.25, 0.3) is 11.3 Å². The zero-order chi connectivity index (χ0) is 28.2. The molecule has 0 bridgehead atoms. The van der Waals surface area contributed by atoms with Gasteiger partial charge in [-0.15, -0.1) is 0 Å². The van der Waals surface area contributed by atoms with Crippen LogP contribution in [0.1, 0.15) is 78.2 Å². The summed E-state index contributed by atoms with van der Waals surface area (Å²) in [7, 11) is 0. The van der Waals surface area contributed by atoms with Gasteiger partial charge in [0, 0.05) is 30.0 Å². The van der Waals surface area contributed by atoms with Crippen molar-refractivity contribution < 1.29 is 23.6 Å². The number of urea groups is 1. The quantitative estimate of drug-likeness (QED) is 0.404. The lowest BCUT2D eigenvalue weighted by Gasteiger charge is -2.38. The van der Waals surface area contributed by atoms with Gasteiger partial charge in [0.15, 0.2) is 6.04 Å². The predicted molar refractivity (Wildman–Crippen MR) is 151 cm³/mol. The maximum atomic E-state index is 14.4. The number of carbonyl (C=O) groups is 3. The lowest BCUT2D eigenvalue weighted by molar-refractivity contribution is -0.786. The highest BCUT2D eigenvalue weighted by Crippen LogP contribution is 2.34. The van der Waals surface area contributed by atoms with Gasteiger partial charge >= 0.3 is 18.0 Å². The molecule has 212 valence electrons. The largest absolute Gasteiger partial charge is 0.444 e. The standard InChI is InChI=1S/C28H38ClN5O4S/c1-18-9-8-14-34(18,25(35)24(19-10-6-5-7-11-19)32-27(37)38-28(2,3)4)26(36)30-16-20-15-21(29)12-13-22(20)23-17-31-39-33-23/h12-13,15,17-19,24H,5-11,14,16H2,1-4H3,(H-,30,32,36,37)/p+1/t18-,24-,34?/m1/s1. The fourth-order valence-corrected chi connectivity index (χ4v) is 6.51. The first-order valence-electron chi connectivity index (χ1n) is 13.8. The minimum absolute atomic E-state index is 0.0360. The number of halogens is 1. The summed E-state index contributed by atoms with van der Waals surface area (Å²) in [6.07, 6.45) is 7.30. The van der Waals surface area contributed by atoms with Crippen molar-refractivity contribution in [3.8, 4) is 11.3 Å². The van der Waals surface area contributed by atoms with Crippen LogP contribution >= 0.6 is 23.3 Å². The van der Waals surface area contributed by atoms with Crippen molar-refractivity contribution in [2.24, 2.45) is 5.92 Å². The molecule has 0 radical (unpaired) electrons. The Hall–Kier alpha value is -2.56. The minimum Gasteiger partial charge on any atom is -0.444 e. The number of nitrogens with one attached hydrogen (secondary N) is 2. The number of rotatable bonds is 6. The van der Waals surface area contributed by atoms with E-state index in [1.807, 2.05) is 13.0 Å². The summed E-state index contributed by atoms with van der Waals surface area (Å²) in [4.78, 5) is 41.3. The van der Waals surface area contributed by atoms with Crippen LogP contribution in [0.2, 0.25) is 5.02 Å². The van der Waals surface area contributed by atoms with Crippen LogP contribution in [0.5, 0.6) is 0 Å². The van der Waals surface area contributed by atoms with E-state index in [-0.39, 0.29) is 34.9 Å². The number of quaternary nitrogens is 1. The van der Waals surface area contributed by atoms with Gasteiger partial charge in [0.2, 0.25) is 0 Å². The number of alkyl carbamates (subject to hydrolysis) is 1. The molecular weight excluding hydrogens is 538 g/mol. The number of hydrogen-bond donors (Lipinski definition) is 2. The van der Waals surface area contributed by atoms with Crippen LogP contribution in [0, 0.1) is 5.92 Å². The molecule has 0 spiro atoms. The zero-order valence-electron chi connectivity index (χ0n) is 23.2. The first-order valence-corrected chi connectivity index (χ1v) is 14.9. The molecule has 1 unspecified atom stereocenters.